The zero-order chi connectivity index (χ0) is 25.8. The molecule has 0 aliphatic heterocycles. The van der Waals surface area contributed by atoms with Crippen molar-refractivity contribution in [3.63, 3.8) is 0 Å². The van der Waals surface area contributed by atoms with E-state index in [0.717, 1.165) is 11.6 Å². The van der Waals surface area contributed by atoms with Crippen LogP contribution >= 0.6 is 39.1 Å². The Morgan fingerprint density at radius 2 is 1.77 bits per heavy atom. The zero-order valence-electron chi connectivity index (χ0n) is 18.3. The van der Waals surface area contributed by atoms with E-state index < -0.39 is 12.1 Å². The van der Waals surface area contributed by atoms with Crippen LogP contribution in [0.3, 0.4) is 0 Å². The lowest BCUT2D eigenvalue weighted by atomic mass is 9.97. The first-order valence-electron chi connectivity index (χ1n) is 10.3. The number of allylic oxidation sites excluding steroid dienone is 1. The highest BCUT2D eigenvalue weighted by Crippen LogP contribution is 2.38. The minimum Gasteiger partial charge on any atom is -0.337 e. The summed E-state index contributed by atoms with van der Waals surface area (Å²) in [6.45, 7) is 0.227. The number of hydrogen-bond acceptors (Lipinski definition) is 2. The maximum absolute atomic E-state index is 13.7. The number of alkyl halides is 3. The molecule has 182 valence electrons. The predicted molar refractivity (Wildman–Crippen MR) is 136 cm³/mol. The summed E-state index contributed by atoms with van der Waals surface area (Å²) in [7, 11) is 1.61. The van der Waals surface area contributed by atoms with Gasteiger partial charge in [0, 0.05) is 23.6 Å². The van der Waals surface area contributed by atoms with Gasteiger partial charge in [0.1, 0.15) is 0 Å². The van der Waals surface area contributed by atoms with Gasteiger partial charge in [-0.2, -0.15) is 13.2 Å². The first-order chi connectivity index (χ1) is 16.5. The van der Waals surface area contributed by atoms with Crippen molar-refractivity contribution in [2.75, 3.05) is 7.05 Å². The standard InChI is InChI=1S/C26H19BrCl2F3NO2/c1-33(25(35)20-5-3-2-4-19(20)15-34)14-18-8-6-16(12-22(18)27)7-10-21(26(30,31)32)17-9-11-23(28)24(29)13-17/h2-13,15,21H,14H2,1H3/b10-7+. The summed E-state index contributed by atoms with van der Waals surface area (Å²) in [5.74, 6) is -2.18. The molecule has 0 aliphatic carbocycles. The van der Waals surface area contributed by atoms with E-state index >= 15 is 0 Å². The van der Waals surface area contributed by atoms with Crippen LogP contribution in [0.5, 0.6) is 0 Å². The molecule has 3 rings (SSSR count). The quantitative estimate of drug-likeness (QED) is 0.262. The van der Waals surface area contributed by atoms with Crippen molar-refractivity contribution in [3.8, 4) is 0 Å². The lowest BCUT2D eigenvalue weighted by molar-refractivity contribution is -0.139. The van der Waals surface area contributed by atoms with Gasteiger partial charge >= 0.3 is 6.18 Å². The number of nitrogens with zero attached hydrogens (tertiary/aromatic N) is 1. The summed E-state index contributed by atoms with van der Waals surface area (Å²) in [6, 6.07) is 15.4. The fourth-order valence-corrected chi connectivity index (χ4v) is 4.27. The van der Waals surface area contributed by atoms with Gasteiger partial charge in [-0.05, 0) is 41.0 Å². The van der Waals surface area contributed by atoms with Crippen LogP contribution < -0.4 is 0 Å². The molecule has 1 unspecified atom stereocenters. The largest absolute Gasteiger partial charge is 0.399 e. The van der Waals surface area contributed by atoms with Gasteiger partial charge in [0.05, 0.1) is 21.5 Å². The Bertz CT molecular complexity index is 1280. The Balaban J connectivity index is 1.79. The molecule has 0 N–H and O–H groups in total. The second kappa shape index (κ2) is 11.4. The fraction of sp³-hybridized carbons (Fsp3) is 0.154. The minimum atomic E-state index is -4.52. The lowest BCUT2D eigenvalue weighted by Gasteiger charge is -2.19. The summed E-state index contributed by atoms with van der Waals surface area (Å²) in [4.78, 5) is 25.5. The Morgan fingerprint density at radius 1 is 1.06 bits per heavy atom. The smallest absolute Gasteiger partial charge is 0.337 e. The highest BCUT2D eigenvalue weighted by molar-refractivity contribution is 9.10. The first kappa shape index (κ1) is 27.0. The molecule has 0 aromatic heterocycles. The monoisotopic (exact) mass is 583 g/mol. The van der Waals surface area contributed by atoms with E-state index in [1.165, 1.54) is 29.2 Å². The molecule has 3 aromatic carbocycles. The van der Waals surface area contributed by atoms with Crippen LogP contribution in [0, 0.1) is 0 Å². The van der Waals surface area contributed by atoms with Crippen molar-refractivity contribution >= 4 is 57.4 Å². The normalized spacial score (nSPS) is 12.5. The van der Waals surface area contributed by atoms with E-state index in [1.807, 2.05) is 0 Å². The lowest BCUT2D eigenvalue weighted by Crippen LogP contribution is -2.27. The zero-order valence-corrected chi connectivity index (χ0v) is 21.4. The van der Waals surface area contributed by atoms with E-state index in [0.29, 0.717) is 27.4 Å². The van der Waals surface area contributed by atoms with Crippen LogP contribution in [-0.2, 0) is 6.54 Å². The van der Waals surface area contributed by atoms with Crippen molar-refractivity contribution in [1.82, 2.24) is 4.90 Å². The average Bonchev–Trinajstić information content (AvgIpc) is 2.81. The maximum Gasteiger partial charge on any atom is 0.399 e. The summed E-state index contributed by atoms with van der Waals surface area (Å²) in [6.07, 6.45) is -1.45. The molecule has 0 saturated carbocycles. The summed E-state index contributed by atoms with van der Waals surface area (Å²) < 4.78 is 41.7. The van der Waals surface area contributed by atoms with Gasteiger partial charge in [0.15, 0.2) is 6.29 Å². The second-order valence-corrected chi connectivity index (χ2v) is 9.44. The summed E-state index contributed by atoms with van der Waals surface area (Å²) in [5, 5.41) is 0.228. The van der Waals surface area contributed by atoms with Gasteiger partial charge < -0.3 is 4.90 Å². The van der Waals surface area contributed by atoms with Crippen LogP contribution in [0.2, 0.25) is 10.0 Å². The first-order valence-corrected chi connectivity index (χ1v) is 11.8. The molecule has 0 spiro atoms. The molecular weight excluding hydrogens is 566 g/mol. The molecule has 9 heteroatoms. The van der Waals surface area contributed by atoms with Crippen LogP contribution in [0.1, 0.15) is 43.3 Å². The van der Waals surface area contributed by atoms with Gasteiger partial charge in [-0.15, -0.1) is 0 Å². The van der Waals surface area contributed by atoms with E-state index in [2.05, 4.69) is 15.9 Å². The molecule has 0 fully saturated rings. The summed E-state index contributed by atoms with van der Waals surface area (Å²) in [5.41, 5.74) is 1.86. The Kier molecular flexibility index (Phi) is 8.80. The molecule has 0 aliphatic rings. The highest BCUT2D eigenvalue weighted by atomic mass is 79.9. The molecule has 1 amide bonds. The van der Waals surface area contributed by atoms with Crippen LogP contribution in [-0.4, -0.2) is 30.3 Å². The molecule has 0 radical (unpaired) electrons. The highest BCUT2D eigenvalue weighted by Gasteiger charge is 2.39. The third kappa shape index (κ3) is 6.75. The number of hydrogen-bond donors (Lipinski definition) is 0. The average molecular weight is 585 g/mol. The van der Waals surface area contributed by atoms with E-state index in [1.54, 1.807) is 49.5 Å². The van der Waals surface area contributed by atoms with Gasteiger partial charge in [-0.3, -0.25) is 9.59 Å². The van der Waals surface area contributed by atoms with Gasteiger partial charge in [-0.1, -0.05) is 87.7 Å². The second-order valence-electron chi connectivity index (χ2n) is 7.77. The predicted octanol–water partition coefficient (Wildman–Crippen LogP) is 8.20. The third-order valence-electron chi connectivity index (χ3n) is 5.29. The van der Waals surface area contributed by atoms with Crippen molar-refractivity contribution < 1.29 is 22.8 Å². The van der Waals surface area contributed by atoms with Crippen LogP contribution in [0.15, 0.2) is 71.2 Å². The van der Waals surface area contributed by atoms with Crippen LogP contribution in [0.4, 0.5) is 13.2 Å². The number of carbonyl (C=O) groups excluding carboxylic acids is 2. The number of amides is 1. The number of aldehydes is 1. The molecule has 3 nitrogen and oxygen atoms in total. The number of benzene rings is 3. The number of halogens is 6. The Labute approximate surface area is 219 Å². The molecule has 0 heterocycles. The molecule has 35 heavy (non-hydrogen) atoms. The SMILES string of the molecule is CN(Cc1ccc(/C=C/C(c2ccc(Cl)c(Cl)c2)C(F)(F)F)cc1Br)C(=O)c1ccccc1C=O. The minimum absolute atomic E-state index is 0.0189. The van der Waals surface area contributed by atoms with E-state index in [9.17, 15) is 22.8 Å². The van der Waals surface area contributed by atoms with Gasteiger partial charge in [-0.25, -0.2) is 0 Å². The van der Waals surface area contributed by atoms with Crippen molar-refractivity contribution in [2.45, 2.75) is 18.6 Å². The Hall–Kier alpha value is -2.61. The van der Waals surface area contributed by atoms with E-state index in [4.69, 9.17) is 23.2 Å². The molecule has 0 saturated heterocycles. The molecule has 0 bridgehead atoms. The van der Waals surface area contributed by atoms with Crippen molar-refractivity contribution in [3.05, 3.63) is 109 Å². The molecular formula is C26H19BrCl2F3NO2. The molecule has 3 aromatic rings. The number of carbonyl (C=O) groups is 2. The third-order valence-corrected chi connectivity index (χ3v) is 6.76. The van der Waals surface area contributed by atoms with Crippen molar-refractivity contribution in [1.29, 1.82) is 0 Å². The number of rotatable bonds is 7. The Morgan fingerprint density at radius 3 is 2.40 bits per heavy atom. The fourth-order valence-electron chi connectivity index (χ4n) is 3.45. The maximum atomic E-state index is 13.7. The van der Waals surface area contributed by atoms with Gasteiger partial charge in [0.2, 0.25) is 0 Å². The van der Waals surface area contributed by atoms with E-state index in [-0.39, 0.29) is 28.1 Å². The topological polar surface area (TPSA) is 37.4 Å². The van der Waals surface area contributed by atoms with Crippen LogP contribution in [0.25, 0.3) is 6.08 Å². The van der Waals surface area contributed by atoms with Crippen molar-refractivity contribution in [2.24, 2.45) is 0 Å². The summed E-state index contributed by atoms with van der Waals surface area (Å²) >= 11 is 15.2. The van der Waals surface area contributed by atoms with Gasteiger partial charge in [0.25, 0.3) is 5.91 Å². The molecule has 1 atom stereocenters.